The van der Waals surface area contributed by atoms with E-state index in [1.165, 1.54) is 39.0 Å². The van der Waals surface area contributed by atoms with Gasteiger partial charge in [0.05, 0.1) is 5.42 Å². The Morgan fingerprint density at radius 3 is 1.13 bits per heavy atom. The van der Waals surface area contributed by atoms with E-state index in [1.807, 2.05) is 0 Å². The Morgan fingerprint density at radius 2 is 0.903 bits per heavy atom. The largest absolute Gasteiger partial charge is 0.329 e. The lowest BCUT2D eigenvalue weighted by Crippen LogP contribution is -2.37. The molecule has 1 radical (unpaired) electrons. The van der Waals surface area contributed by atoms with Crippen LogP contribution in [-0.4, -0.2) is 26.3 Å². The van der Waals surface area contributed by atoms with Crippen LogP contribution in [0.3, 0.4) is 0 Å². The van der Waals surface area contributed by atoms with Crippen LogP contribution >= 0.6 is 15.3 Å². The van der Waals surface area contributed by atoms with Crippen LogP contribution < -0.4 is 9.80 Å². The first-order valence-electron chi connectivity index (χ1n) is 11.7. The van der Waals surface area contributed by atoms with E-state index in [0.717, 1.165) is 13.1 Å². The molecule has 0 spiro atoms. The minimum atomic E-state index is 0.497. The second kappa shape index (κ2) is 10.0. The highest BCUT2D eigenvalue weighted by Gasteiger charge is 2.33. The van der Waals surface area contributed by atoms with E-state index in [1.54, 1.807) is 0 Å². The Morgan fingerprint density at radius 1 is 0.613 bits per heavy atom. The molecule has 0 aromatic heterocycles. The summed E-state index contributed by atoms with van der Waals surface area (Å²) >= 11 is 3.91. The molecule has 0 bridgehead atoms. The molecule has 2 nitrogen and oxygen atoms in total. The number of hydrogen-bond donors (Lipinski definition) is 0. The second-order valence-electron chi connectivity index (χ2n) is 9.91. The van der Waals surface area contributed by atoms with Crippen molar-refractivity contribution in [3.8, 4) is 0 Å². The first-order valence-corrected chi connectivity index (χ1v) is 15.0. The first-order chi connectivity index (χ1) is 14.7. The first kappa shape index (κ1) is 24.3. The Labute approximate surface area is 200 Å². The fourth-order valence-corrected chi connectivity index (χ4v) is 6.68. The van der Waals surface area contributed by atoms with Crippen LogP contribution in [0.25, 0.3) is 0 Å². The van der Waals surface area contributed by atoms with Crippen LogP contribution in [0, 0.1) is 0 Å². The quantitative estimate of drug-likeness (QED) is 0.299. The summed E-state index contributed by atoms with van der Waals surface area (Å²) < 4.78 is 0. The average Bonchev–Trinajstić information content (AvgIpc) is 3.15. The van der Waals surface area contributed by atoms with Gasteiger partial charge >= 0.3 is 0 Å². The summed E-state index contributed by atoms with van der Waals surface area (Å²) in [7, 11) is 0.564. The molecule has 2 aromatic carbocycles. The zero-order valence-corrected chi connectivity index (χ0v) is 23.0. The van der Waals surface area contributed by atoms with E-state index in [2.05, 4.69) is 117 Å². The van der Waals surface area contributed by atoms with Crippen molar-refractivity contribution >= 4 is 39.8 Å². The molecule has 2 aromatic rings. The fraction of sp³-hybridized carbons (Fsp3) is 0.519. The smallest absolute Gasteiger partial charge is 0.168 e. The number of nitrogens with zero attached hydrogens (tertiary/aromatic N) is 2. The van der Waals surface area contributed by atoms with Gasteiger partial charge in [-0.15, -0.1) is 0 Å². The molecule has 31 heavy (non-hydrogen) atoms. The van der Waals surface area contributed by atoms with Crippen molar-refractivity contribution in [3.05, 3.63) is 58.7 Å². The normalized spacial score (nSPS) is 14.7. The summed E-state index contributed by atoms with van der Waals surface area (Å²) in [6.45, 7) is 20.6. The minimum Gasteiger partial charge on any atom is -0.329 e. The molecule has 0 aliphatic carbocycles. The van der Waals surface area contributed by atoms with Gasteiger partial charge in [-0.2, -0.15) is 0 Å². The zero-order chi connectivity index (χ0) is 22.9. The summed E-state index contributed by atoms with van der Waals surface area (Å²) in [6, 6.07) is 13.8. The monoisotopic (exact) mass is 497 g/mol. The lowest BCUT2D eigenvalue weighted by molar-refractivity contribution is 0.821. The molecule has 0 atom stereocenters. The van der Waals surface area contributed by atoms with Gasteiger partial charge in [0.2, 0.25) is 0 Å². The van der Waals surface area contributed by atoms with Crippen molar-refractivity contribution in [2.45, 2.75) is 79.1 Å². The van der Waals surface area contributed by atoms with E-state index in [4.69, 9.17) is 0 Å². The number of anilines is 2. The molecule has 0 saturated carbocycles. The lowest BCUT2D eigenvalue weighted by atomic mass is 9.92. The number of halogens is 1. The Balaban J connectivity index is 2.18. The molecule has 0 N–H and O–H groups in total. The maximum Gasteiger partial charge on any atom is 0.168 e. The molecule has 0 amide bonds. The summed E-state index contributed by atoms with van der Waals surface area (Å²) in [5.41, 5.74) is 10.1. The number of benzene rings is 2. The van der Waals surface area contributed by atoms with Crippen LogP contribution in [-0.2, 0) is 0 Å². The van der Waals surface area contributed by atoms with Crippen molar-refractivity contribution in [1.29, 1.82) is 0 Å². The van der Waals surface area contributed by atoms with Crippen molar-refractivity contribution in [2.24, 2.45) is 0 Å². The molecule has 1 fully saturated rings. The molecule has 1 aliphatic rings. The predicted molar refractivity (Wildman–Crippen MR) is 144 cm³/mol. The Bertz CT molecular complexity index is 820. The maximum absolute atomic E-state index is 3.91. The molecule has 167 valence electrons. The van der Waals surface area contributed by atoms with Crippen LogP contribution in [0.1, 0.15) is 101 Å². The summed E-state index contributed by atoms with van der Waals surface area (Å²) in [5.74, 6) is 1.99. The second-order valence-corrected chi connectivity index (χ2v) is 11.7. The number of para-hydroxylation sites is 2. The van der Waals surface area contributed by atoms with Gasteiger partial charge in [0.15, 0.2) is 7.75 Å². The SMILES string of the molecule is CC(C)c1cccc(C(C)C)c1N1CCN(c2c(C(C)C)cccc2C(C)C)C1=[Si]Br. The zero-order valence-electron chi connectivity index (χ0n) is 20.5. The van der Waals surface area contributed by atoms with Gasteiger partial charge in [0, 0.05) is 24.5 Å². The Hall–Kier alpha value is -1.39. The molecule has 3 rings (SSSR count). The third-order valence-corrected chi connectivity index (χ3v) is 8.14. The van der Waals surface area contributed by atoms with Crippen molar-refractivity contribution in [1.82, 2.24) is 0 Å². The summed E-state index contributed by atoms with van der Waals surface area (Å²) in [5, 5.41) is 0. The molecule has 1 saturated heterocycles. The van der Waals surface area contributed by atoms with Crippen LogP contribution in [0.15, 0.2) is 36.4 Å². The third-order valence-electron chi connectivity index (χ3n) is 6.37. The van der Waals surface area contributed by atoms with Gasteiger partial charge in [-0.25, -0.2) is 0 Å². The highest BCUT2D eigenvalue weighted by atomic mass is 79.9. The maximum atomic E-state index is 3.91. The lowest BCUT2D eigenvalue weighted by Gasteiger charge is -2.33. The predicted octanol–water partition coefficient (Wildman–Crippen LogP) is 7.61. The Kier molecular flexibility index (Phi) is 7.85. The van der Waals surface area contributed by atoms with E-state index < -0.39 is 0 Å². The average molecular weight is 499 g/mol. The molecule has 4 heteroatoms. The standard InChI is InChI=1S/C27H38BrN2Si/c1-17(2)21-11-9-12-22(18(3)4)25(21)29-15-16-30(27(29)31-28)26-23(19(5)6)13-10-14-24(26)20(7)8/h9-14,17-20H,15-16H2,1-8H3. The fourth-order valence-electron chi connectivity index (χ4n) is 4.74. The van der Waals surface area contributed by atoms with Gasteiger partial charge in [0.25, 0.3) is 0 Å². The van der Waals surface area contributed by atoms with Gasteiger partial charge in [-0.05, 0) is 45.9 Å². The summed E-state index contributed by atoms with van der Waals surface area (Å²) in [6.07, 6.45) is 0. The molecule has 1 aliphatic heterocycles. The van der Waals surface area contributed by atoms with Gasteiger partial charge in [-0.1, -0.05) is 107 Å². The van der Waals surface area contributed by atoms with Gasteiger partial charge in [0.1, 0.15) is 0 Å². The van der Waals surface area contributed by atoms with Gasteiger partial charge < -0.3 is 9.80 Å². The van der Waals surface area contributed by atoms with E-state index in [0.29, 0.717) is 31.4 Å². The van der Waals surface area contributed by atoms with Crippen molar-refractivity contribution in [2.75, 3.05) is 22.9 Å². The van der Waals surface area contributed by atoms with Crippen molar-refractivity contribution in [3.63, 3.8) is 0 Å². The number of hydrogen-bond acceptors (Lipinski definition) is 2. The molecule has 1 heterocycles. The summed E-state index contributed by atoms with van der Waals surface area (Å²) in [4.78, 5) is 5.22. The van der Waals surface area contributed by atoms with E-state index in [9.17, 15) is 0 Å². The van der Waals surface area contributed by atoms with Crippen LogP contribution in [0.5, 0.6) is 0 Å². The highest BCUT2D eigenvalue weighted by molar-refractivity contribution is 9.23. The molecule has 0 unspecified atom stereocenters. The molecular formula is C27H38BrN2Si. The van der Waals surface area contributed by atoms with Crippen molar-refractivity contribution < 1.29 is 0 Å². The van der Waals surface area contributed by atoms with Gasteiger partial charge in [-0.3, -0.25) is 0 Å². The van der Waals surface area contributed by atoms with Crippen LogP contribution in [0.2, 0.25) is 0 Å². The van der Waals surface area contributed by atoms with Crippen LogP contribution in [0.4, 0.5) is 11.4 Å². The minimum absolute atomic E-state index is 0.497. The highest BCUT2D eigenvalue weighted by Crippen LogP contribution is 2.41. The number of rotatable bonds is 6. The van der Waals surface area contributed by atoms with E-state index >= 15 is 0 Å². The third kappa shape index (κ3) is 4.71. The topological polar surface area (TPSA) is 6.48 Å². The van der Waals surface area contributed by atoms with E-state index in [-0.39, 0.29) is 0 Å². The molecular weight excluding hydrogens is 460 g/mol.